The molecule has 0 N–H and O–H groups in total. The molecule has 0 fully saturated rings. The zero-order valence-corrected chi connectivity index (χ0v) is 37.1. The lowest BCUT2D eigenvalue weighted by Gasteiger charge is -2.17. The average molecular weight is 788 g/mol. The van der Waals surface area contributed by atoms with Crippen LogP contribution in [0, 0.1) is 13.8 Å². The molecule has 7 rings (SSSR count). The van der Waals surface area contributed by atoms with Gasteiger partial charge in [-0.1, -0.05) is 194 Å². The molecule has 3 nitrogen and oxygen atoms in total. The molecule has 0 aliphatic rings. The van der Waals surface area contributed by atoms with Crippen molar-refractivity contribution in [2.24, 2.45) is 15.0 Å². The van der Waals surface area contributed by atoms with Crippen molar-refractivity contribution in [3.63, 3.8) is 0 Å². The summed E-state index contributed by atoms with van der Waals surface area (Å²) in [5.41, 5.74) is 14.5. The molecule has 0 saturated heterocycles. The summed E-state index contributed by atoms with van der Waals surface area (Å²) in [5, 5.41) is 2.39. The number of hydrogen-bond donors (Lipinski definition) is 0. The van der Waals surface area contributed by atoms with Gasteiger partial charge in [0.15, 0.2) is 11.7 Å². The predicted octanol–water partition coefficient (Wildman–Crippen LogP) is 16.3. The molecule has 0 bridgehead atoms. The van der Waals surface area contributed by atoms with Gasteiger partial charge in [-0.25, -0.2) is 9.98 Å². The summed E-state index contributed by atoms with van der Waals surface area (Å²) in [4.78, 5) is 14.7. The summed E-state index contributed by atoms with van der Waals surface area (Å²) in [5.74, 6) is 1.11. The van der Waals surface area contributed by atoms with E-state index in [2.05, 4.69) is 148 Å². The molecule has 0 saturated carbocycles. The highest BCUT2D eigenvalue weighted by atomic mass is 15.0. The van der Waals surface area contributed by atoms with E-state index in [-0.39, 0.29) is 0 Å². The minimum absolute atomic E-state index is 0.468. The van der Waals surface area contributed by atoms with Gasteiger partial charge >= 0.3 is 0 Å². The van der Waals surface area contributed by atoms with Gasteiger partial charge in [0.05, 0.1) is 6.54 Å². The van der Waals surface area contributed by atoms with Crippen LogP contribution < -0.4 is 0 Å². The van der Waals surface area contributed by atoms with E-state index in [0.29, 0.717) is 18.2 Å². The Morgan fingerprint density at radius 3 is 1.57 bits per heavy atom. The second-order valence-corrected chi connectivity index (χ2v) is 13.4. The Balaban J connectivity index is 0.00000127. The van der Waals surface area contributed by atoms with E-state index < -0.39 is 0 Å². The van der Waals surface area contributed by atoms with E-state index in [4.69, 9.17) is 9.98 Å². The van der Waals surface area contributed by atoms with Crippen LogP contribution in [0.4, 0.5) is 0 Å². The van der Waals surface area contributed by atoms with Gasteiger partial charge in [0.1, 0.15) is 0 Å². The Morgan fingerprint density at radius 1 is 0.500 bits per heavy atom. The topological polar surface area (TPSA) is 37.1 Å². The lowest BCUT2D eigenvalue weighted by molar-refractivity contribution is 1.06. The molecule has 0 spiro atoms. The van der Waals surface area contributed by atoms with E-state index in [1.807, 2.05) is 102 Å². The van der Waals surface area contributed by atoms with Crippen molar-refractivity contribution in [3.05, 3.63) is 203 Å². The standard InChI is InChI=1S/C51H43N3.3C2H6/c1-6-17-47-36(4)35(3)46(7-2)48-29-28-42(33-49(47)48)44-30-43(40-26-24-39(25-27-40)38-20-13-9-14-21-38)31-45(32-44)51(53-34-37-18-11-8-12-19-37)54-50(52-5)41-22-15-10-16-23-41;3*1-2/h6-33H,2,5,34H2,1,3-4H3;3*1-2H3/b17-6-,53-51?,54-50?;;;. The zero-order chi connectivity index (χ0) is 43.4. The minimum atomic E-state index is 0.468. The van der Waals surface area contributed by atoms with E-state index in [0.717, 1.165) is 38.9 Å². The summed E-state index contributed by atoms with van der Waals surface area (Å²) >= 11 is 0. The Kier molecular flexibility index (Phi) is 18.1. The normalized spacial score (nSPS) is 11.1. The fourth-order valence-corrected chi connectivity index (χ4v) is 7.03. The molecule has 0 aliphatic carbocycles. The largest absolute Gasteiger partial charge is 0.261 e. The third-order valence-corrected chi connectivity index (χ3v) is 10.0. The fourth-order valence-electron chi connectivity index (χ4n) is 7.03. The van der Waals surface area contributed by atoms with E-state index >= 15 is 0 Å². The maximum atomic E-state index is 5.15. The number of hydrogen-bond acceptors (Lipinski definition) is 1. The first kappa shape index (κ1) is 46.0. The summed E-state index contributed by atoms with van der Waals surface area (Å²) < 4.78 is 0. The van der Waals surface area contributed by atoms with Gasteiger partial charge in [-0.15, -0.1) is 0 Å². The van der Waals surface area contributed by atoms with Crippen molar-refractivity contribution in [2.45, 2.75) is 68.9 Å². The van der Waals surface area contributed by atoms with E-state index in [9.17, 15) is 0 Å². The number of fused-ring (bicyclic) bond motifs is 1. The predicted molar refractivity (Wildman–Crippen MR) is 268 cm³/mol. The number of amidine groups is 2. The van der Waals surface area contributed by atoms with Gasteiger partial charge in [0.2, 0.25) is 0 Å². The minimum Gasteiger partial charge on any atom is -0.261 e. The number of rotatable bonds is 9. The number of aliphatic imine (C=N–C) groups is 3. The van der Waals surface area contributed by atoms with Crippen LogP contribution in [0.3, 0.4) is 0 Å². The Hall–Kier alpha value is -6.71. The Bertz CT molecular complexity index is 2540. The van der Waals surface area contributed by atoms with Crippen LogP contribution in [0.2, 0.25) is 0 Å². The molecular weight excluding hydrogens is 727 g/mol. The van der Waals surface area contributed by atoms with Gasteiger partial charge in [0.25, 0.3) is 0 Å². The summed E-state index contributed by atoms with van der Waals surface area (Å²) in [6.45, 7) is 27.0. The van der Waals surface area contributed by atoms with Gasteiger partial charge < -0.3 is 0 Å². The van der Waals surface area contributed by atoms with Gasteiger partial charge in [-0.05, 0) is 124 Å². The highest BCUT2D eigenvalue weighted by Gasteiger charge is 2.16. The molecule has 0 heterocycles. The van der Waals surface area contributed by atoms with Crippen LogP contribution in [-0.4, -0.2) is 18.4 Å². The molecule has 0 atom stereocenters. The summed E-state index contributed by atoms with van der Waals surface area (Å²) in [6, 6.07) is 52.9. The molecule has 0 unspecified atom stereocenters. The smallest absolute Gasteiger partial charge is 0.161 e. The molecule has 7 aromatic rings. The highest BCUT2D eigenvalue weighted by molar-refractivity contribution is 6.13. The second kappa shape index (κ2) is 23.6. The van der Waals surface area contributed by atoms with Crippen molar-refractivity contribution in [1.82, 2.24) is 0 Å². The van der Waals surface area contributed by atoms with Crippen LogP contribution in [0.5, 0.6) is 0 Å². The second-order valence-electron chi connectivity index (χ2n) is 13.4. The summed E-state index contributed by atoms with van der Waals surface area (Å²) in [6.07, 6.45) is 6.31. The zero-order valence-electron chi connectivity index (χ0n) is 37.1. The van der Waals surface area contributed by atoms with Crippen molar-refractivity contribution >= 4 is 41.3 Å². The summed E-state index contributed by atoms with van der Waals surface area (Å²) in [7, 11) is 0. The van der Waals surface area contributed by atoms with Crippen molar-refractivity contribution in [3.8, 4) is 33.4 Å². The monoisotopic (exact) mass is 787 g/mol. The molecule has 0 amide bonds. The lowest BCUT2D eigenvalue weighted by atomic mass is 9.87. The highest BCUT2D eigenvalue weighted by Crippen LogP contribution is 2.37. The first-order chi connectivity index (χ1) is 29.5. The van der Waals surface area contributed by atoms with Crippen molar-refractivity contribution < 1.29 is 0 Å². The average Bonchev–Trinajstić information content (AvgIpc) is 3.33. The molecule has 304 valence electrons. The molecule has 7 aromatic carbocycles. The Labute approximate surface area is 360 Å². The van der Waals surface area contributed by atoms with Crippen LogP contribution in [0.15, 0.2) is 179 Å². The SMILES string of the molecule is C=Cc1c(C)c(C)c(/C=C\C)c2cc(-c3cc(C(=NCc4ccccc4)N=C(N=C)c4ccccc4)cc(-c4ccc(-c5ccccc5)cc4)c3)ccc12.CC.CC.CC. The molecule has 0 aliphatic heterocycles. The molecule has 0 aromatic heterocycles. The molecule has 60 heavy (non-hydrogen) atoms. The quantitative estimate of drug-likeness (QED) is 0.103. The molecule has 0 radical (unpaired) electrons. The van der Waals surface area contributed by atoms with Crippen LogP contribution in [0.25, 0.3) is 56.3 Å². The third kappa shape index (κ3) is 11.1. The first-order valence-corrected chi connectivity index (χ1v) is 21.3. The van der Waals surface area contributed by atoms with Crippen LogP contribution in [-0.2, 0) is 6.54 Å². The Morgan fingerprint density at radius 2 is 1.00 bits per heavy atom. The maximum Gasteiger partial charge on any atom is 0.161 e. The van der Waals surface area contributed by atoms with Gasteiger partial charge in [0, 0.05) is 11.1 Å². The number of benzene rings is 7. The first-order valence-electron chi connectivity index (χ1n) is 21.3. The van der Waals surface area contributed by atoms with Crippen LogP contribution >= 0.6 is 0 Å². The molecule has 3 heteroatoms. The maximum absolute atomic E-state index is 5.15. The molecular formula is C57H61N3. The number of nitrogens with zero attached hydrogens (tertiary/aromatic N) is 3. The van der Waals surface area contributed by atoms with Gasteiger partial charge in [-0.3, -0.25) is 4.99 Å². The lowest BCUT2D eigenvalue weighted by Crippen LogP contribution is -2.06. The van der Waals surface area contributed by atoms with Crippen molar-refractivity contribution in [1.29, 1.82) is 0 Å². The van der Waals surface area contributed by atoms with E-state index in [1.54, 1.807) is 0 Å². The van der Waals surface area contributed by atoms with E-state index in [1.165, 1.54) is 44.2 Å². The fraction of sp³-hybridized carbons (Fsp3) is 0.175. The van der Waals surface area contributed by atoms with Crippen LogP contribution in [0.1, 0.15) is 87.4 Å². The van der Waals surface area contributed by atoms with Crippen molar-refractivity contribution in [2.75, 3.05) is 0 Å². The number of allylic oxidation sites excluding steroid dienone is 1. The van der Waals surface area contributed by atoms with Gasteiger partial charge in [-0.2, -0.15) is 0 Å². The third-order valence-electron chi connectivity index (χ3n) is 10.0.